The highest BCUT2D eigenvalue weighted by molar-refractivity contribution is 14.1. The van der Waals surface area contributed by atoms with E-state index in [1.165, 1.54) is 0 Å². The van der Waals surface area contributed by atoms with Crippen LogP contribution in [0.15, 0.2) is 77.7 Å². The second-order valence-electron chi connectivity index (χ2n) is 9.81. The Kier molecular flexibility index (Phi) is 9.18. The SMILES string of the molecule is CCOc1cc(/C=C2/SC(=O)N(CC(=O)Nc3ccc(C)c(C)c3)C2=O)cc(I)c1OCc1cccc2ccccc12. The largest absolute Gasteiger partial charge is 0.490 e. The lowest BCUT2D eigenvalue weighted by molar-refractivity contribution is -0.127. The molecule has 1 heterocycles. The van der Waals surface area contributed by atoms with Gasteiger partial charge in [-0.3, -0.25) is 19.3 Å². The van der Waals surface area contributed by atoms with Crippen LogP contribution >= 0.6 is 34.4 Å². The fourth-order valence-corrected chi connectivity index (χ4v) is 6.21. The number of benzene rings is 4. The molecule has 5 rings (SSSR count). The molecule has 1 fully saturated rings. The van der Waals surface area contributed by atoms with Crippen molar-refractivity contribution in [2.24, 2.45) is 0 Å². The average molecular weight is 693 g/mol. The van der Waals surface area contributed by atoms with Gasteiger partial charge < -0.3 is 14.8 Å². The highest BCUT2D eigenvalue weighted by Crippen LogP contribution is 2.38. The van der Waals surface area contributed by atoms with Crippen molar-refractivity contribution in [1.29, 1.82) is 0 Å². The molecule has 0 spiro atoms. The number of hydrogen-bond acceptors (Lipinski definition) is 6. The minimum atomic E-state index is -0.510. The van der Waals surface area contributed by atoms with Crippen LogP contribution in [0.3, 0.4) is 0 Å². The molecule has 42 heavy (non-hydrogen) atoms. The van der Waals surface area contributed by atoms with Crippen molar-refractivity contribution >= 4 is 73.9 Å². The Balaban J connectivity index is 1.32. The first-order chi connectivity index (χ1) is 20.2. The van der Waals surface area contributed by atoms with E-state index in [-0.39, 0.29) is 11.4 Å². The number of rotatable bonds is 9. The van der Waals surface area contributed by atoms with Gasteiger partial charge in [-0.2, -0.15) is 0 Å². The number of thioether (sulfide) groups is 1. The predicted octanol–water partition coefficient (Wildman–Crippen LogP) is 7.71. The second kappa shape index (κ2) is 13.0. The van der Waals surface area contributed by atoms with E-state index in [0.29, 0.717) is 36.0 Å². The van der Waals surface area contributed by atoms with Crippen LogP contribution in [0.25, 0.3) is 16.8 Å². The molecule has 1 N–H and O–H groups in total. The molecule has 0 unspecified atom stereocenters. The van der Waals surface area contributed by atoms with Crippen molar-refractivity contribution in [3.63, 3.8) is 0 Å². The highest BCUT2D eigenvalue weighted by atomic mass is 127. The van der Waals surface area contributed by atoms with Crippen molar-refractivity contribution in [1.82, 2.24) is 4.90 Å². The maximum Gasteiger partial charge on any atom is 0.294 e. The van der Waals surface area contributed by atoms with Gasteiger partial charge in [0.15, 0.2) is 11.5 Å². The fraction of sp³-hybridized carbons (Fsp3) is 0.182. The molecule has 0 aromatic heterocycles. The molecule has 3 amide bonds. The Morgan fingerprint density at radius 2 is 1.76 bits per heavy atom. The lowest BCUT2D eigenvalue weighted by Gasteiger charge is -2.16. The number of imide groups is 1. The van der Waals surface area contributed by atoms with Gasteiger partial charge in [0, 0.05) is 5.69 Å². The molecule has 214 valence electrons. The van der Waals surface area contributed by atoms with Crippen molar-refractivity contribution < 1.29 is 23.9 Å². The van der Waals surface area contributed by atoms with Crippen LogP contribution in [0.1, 0.15) is 29.2 Å². The molecule has 0 bridgehead atoms. The van der Waals surface area contributed by atoms with Crippen LogP contribution in [-0.2, 0) is 16.2 Å². The van der Waals surface area contributed by atoms with Gasteiger partial charge in [0.2, 0.25) is 5.91 Å². The first kappa shape index (κ1) is 29.7. The Morgan fingerprint density at radius 3 is 2.55 bits per heavy atom. The standard InChI is InChI=1S/C33H29IN2O5S/c1-4-40-28-16-22(15-27(34)31(28)41-19-24-10-7-9-23-8-5-6-11-26(23)24)17-29-32(38)36(33(39)42-29)18-30(37)35-25-13-12-20(2)21(3)14-25/h5-17H,4,18-19H2,1-3H3,(H,35,37)/b29-17+. The molecule has 0 aliphatic carbocycles. The lowest BCUT2D eigenvalue weighted by atomic mass is 10.1. The number of ether oxygens (including phenoxy) is 2. The Hall–Kier alpha value is -3.83. The van der Waals surface area contributed by atoms with Crippen LogP contribution in [0.5, 0.6) is 11.5 Å². The molecule has 1 aliphatic heterocycles. The number of aryl methyl sites for hydroxylation is 2. The Morgan fingerprint density at radius 1 is 0.976 bits per heavy atom. The van der Waals surface area contributed by atoms with E-state index in [4.69, 9.17) is 9.47 Å². The van der Waals surface area contributed by atoms with E-state index >= 15 is 0 Å². The predicted molar refractivity (Wildman–Crippen MR) is 176 cm³/mol. The maximum absolute atomic E-state index is 13.1. The summed E-state index contributed by atoms with van der Waals surface area (Å²) in [4.78, 5) is 39.6. The van der Waals surface area contributed by atoms with Crippen molar-refractivity contribution in [2.75, 3.05) is 18.5 Å². The molecule has 4 aromatic rings. The minimum Gasteiger partial charge on any atom is -0.490 e. The van der Waals surface area contributed by atoms with Gasteiger partial charge in [-0.1, -0.05) is 48.5 Å². The van der Waals surface area contributed by atoms with Gasteiger partial charge >= 0.3 is 0 Å². The summed E-state index contributed by atoms with van der Waals surface area (Å²) in [7, 11) is 0. The number of nitrogens with zero attached hydrogens (tertiary/aromatic N) is 1. The molecule has 7 nitrogen and oxygen atoms in total. The topological polar surface area (TPSA) is 84.9 Å². The quantitative estimate of drug-likeness (QED) is 0.143. The smallest absolute Gasteiger partial charge is 0.294 e. The van der Waals surface area contributed by atoms with E-state index in [1.807, 2.05) is 63.2 Å². The van der Waals surface area contributed by atoms with E-state index in [0.717, 1.165) is 47.7 Å². The van der Waals surface area contributed by atoms with Crippen LogP contribution in [0.2, 0.25) is 0 Å². The Bertz CT molecular complexity index is 1730. The number of carbonyl (C=O) groups excluding carboxylic acids is 3. The van der Waals surface area contributed by atoms with E-state index in [2.05, 4.69) is 46.1 Å². The summed E-state index contributed by atoms with van der Waals surface area (Å²) in [6, 6.07) is 23.5. The van der Waals surface area contributed by atoms with Gasteiger partial charge in [0.25, 0.3) is 11.1 Å². The van der Waals surface area contributed by atoms with Crippen LogP contribution in [0, 0.1) is 17.4 Å². The van der Waals surface area contributed by atoms with Crippen LogP contribution < -0.4 is 14.8 Å². The molecule has 0 atom stereocenters. The molecule has 4 aromatic carbocycles. The number of carbonyl (C=O) groups is 3. The zero-order valence-electron chi connectivity index (χ0n) is 23.4. The third-order valence-electron chi connectivity index (χ3n) is 6.85. The minimum absolute atomic E-state index is 0.238. The molecular weight excluding hydrogens is 663 g/mol. The third-order valence-corrected chi connectivity index (χ3v) is 8.56. The molecule has 1 aliphatic rings. The van der Waals surface area contributed by atoms with Crippen molar-refractivity contribution in [3.05, 3.63) is 104 Å². The average Bonchev–Trinajstić information content (AvgIpc) is 3.22. The van der Waals surface area contributed by atoms with E-state index in [1.54, 1.807) is 18.2 Å². The number of halogens is 1. The fourth-order valence-electron chi connectivity index (χ4n) is 4.59. The molecule has 9 heteroatoms. The number of anilines is 1. The van der Waals surface area contributed by atoms with Crippen molar-refractivity contribution in [3.8, 4) is 11.5 Å². The first-order valence-corrected chi connectivity index (χ1v) is 15.3. The normalized spacial score (nSPS) is 14.1. The van der Waals surface area contributed by atoms with E-state index < -0.39 is 17.1 Å². The van der Waals surface area contributed by atoms with Gasteiger partial charge in [-0.25, -0.2) is 0 Å². The van der Waals surface area contributed by atoms with Gasteiger partial charge in [0.05, 0.1) is 15.1 Å². The molecule has 0 saturated carbocycles. The van der Waals surface area contributed by atoms with Gasteiger partial charge in [0.1, 0.15) is 13.2 Å². The summed E-state index contributed by atoms with van der Waals surface area (Å²) in [6.07, 6.45) is 1.64. The maximum atomic E-state index is 13.1. The van der Waals surface area contributed by atoms with Crippen molar-refractivity contribution in [2.45, 2.75) is 27.4 Å². The zero-order valence-corrected chi connectivity index (χ0v) is 26.4. The summed E-state index contributed by atoms with van der Waals surface area (Å²) < 4.78 is 13.0. The summed E-state index contributed by atoms with van der Waals surface area (Å²) in [6.45, 7) is 6.25. The van der Waals surface area contributed by atoms with Gasteiger partial charge in [-0.05, 0) is 118 Å². The monoisotopic (exact) mass is 692 g/mol. The molecule has 1 saturated heterocycles. The number of hydrogen-bond donors (Lipinski definition) is 1. The number of nitrogens with one attached hydrogen (secondary N) is 1. The summed E-state index contributed by atoms with van der Waals surface area (Å²) >= 11 is 3.00. The first-order valence-electron chi connectivity index (χ1n) is 13.4. The summed E-state index contributed by atoms with van der Waals surface area (Å²) in [5, 5.41) is 4.55. The second-order valence-corrected chi connectivity index (χ2v) is 12.0. The molecular formula is C33H29IN2O5S. The highest BCUT2D eigenvalue weighted by Gasteiger charge is 2.36. The number of fused-ring (bicyclic) bond motifs is 1. The number of amides is 3. The zero-order chi connectivity index (χ0) is 29.8. The van der Waals surface area contributed by atoms with Crippen LogP contribution in [0.4, 0.5) is 10.5 Å². The third kappa shape index (κ3) is 6.63. The molecule has 0 radical (unpaired) electrons. The summed E-state index contributed by atoms with van der Waals surface area (Å²) in [5.41, 5.74) is 4.51. The van der Waals surface area contributed by atoms with E-state index in [9.17, 15) is 14.4 Å². The van der Waals surface area contributed by atoms with Crippen LogP contribution in [-0.4, -0.2) is 35.1 Å². The Labute approximate surface area is 262 Å². The van der Waals surface area contributed by atoms with Gasteiger partial charge in [-0.15, -0.1) is 0 Å². The lowest BCUT2D eigenvalue weighted by Crippen LogP contribution is -2.36. The summed E-state index contributed by atoms with van der Waals surface area (Å²) in [5.74, 6) is 0.203.